The Labute approximate surface area is 194 Å². The lowest BCUT2D eigenvalue weighted by Gasteiger charge is -2.27. The van der Waals surface area contributed by atoms with Gasteiger partial charge in [0, 0.05) is 18.3 Å². The van der Waals surface area contributed by atoms with Crippen molar-refractivity contribution < 1.29 is 23.5 Å². The Morgan fingerprint density at radius 1 is 1.32 bits per heavy atom. The van der Waals surface area contributed by atoms with Crippen molar-refractivity contribution in [2.45, 2.75) is 39.2 Å². The lowest BCUT2D eigenvalue weighted by Crippen LogP contribution is -2.38. The van der Waals surface area contributed by atoms with Gasteiger partial charge in [0.25, 0.3) is 11.8 Å². The first-order valence-electron chi connectivity index (χ1n) is 10.7. The van der Waals surface area contributed by atoms with E-state index in [1.807, 2.05) is 0 Å². The van der Waals surface area contributed by atoms with E-state index >= 15 is 0 Å². The molecule has 178 valence electrons. The number of oxazole rings is 1. The van der Waals surface area contributed by atoms with Crippen LogP contribution in [0, 0.1) is 5.92 Å². The van der Waals surface area contributed by atoms with Gasteiger partial charge in [-0.2, -0.15) is 5.10 Å². The van der Waals surface area contributed by atoms with Crippen LogP contribution in [0.5, 0.6) is 0 Å². The fourth-order valence-electron chi connectivity index (χ4n) is 3.10. The fourth-order valence-corrected chi connectivity index (χ4v) is 3.10. The number of ether oxygens (including phenoxy) is 1. The summed E-state index contributed by atoms with van der Waals surface area (Å²) in [5.74, 6) is -0.418. The highest BCUT2D eigenvalue weighted by Gasteiger charge is 2.31. The maximum Gasteiger partial charge on any atom is 0.416 e. The molecule has 3 heterocycles. The number of nitrogens with zero attached hydrogens (tertiary/aromatic N) is 4. The average molecular weight is 467 g/mol. The monoisotopic (exact) mass is 467 g/mol. The summed E-state index contributed by atoms with van der Waals surface area (Å²) in [6, 6.07) is 3.31. The van der Waals surface area contributed by atoms with Crippen LogP contribution in [0.25, 0.3) is 11.5 Å². The molecular formula is C22H25N7O5. The number of H-pyrrole nitrogens is 1. The van der Waals surface area contributed by atoms with E-state index in [0.29, 0.717) is 23.8 Å². The molecule has 1 aliphatic rings. The van der Waals surface area contributed by atoms with Gasteiger partial charge in [0.15, 0.2) is 5.69 Å². The van der Waals surface area contributed by atoms with Crippen LogP contribution in [0.2, 0.25) is 0 Å². The summed E-state index contributed by atoms with van der Waals surface area (Å²) in [6.45, 7) is 5.91. The van der Waals surface area contributed by atoms with Gasteiger partial charge in [-0.15, -0.1) is 0 Å². The molecule has 3 aromatic rings. The van der Waals surface area contributed by atoms with Crippen LogP contribution in [0.3, 0.4) is 0 Å². The van der Waals surface area contributed by atoms with Crippen molar-refractivity contribution in [3.8, 4) is 11.5 Å². The zero-order valence-corrected chi connectivity index (χ0v) is 19.0. The van der Waals surface area contributed by atoms with Gasteiger partial charge >= 0.3 is 6.09 Å². The van der Waals surface area contributed by atoms with Crippen molar-refractivity contribution in [2.75, 3.05) is 16.8 Å². The summed E-state index contributed by atoms with van der Waals surface area (Å²) >= 11 is 0. The molecule has 0 unspecified atom stereocenters. The molecule has 4 N–H and O–H groups in total. The molecular weight excluding hydrogens is 442 g/mol. The predicted octanol–water partition coefficient (Wildman–Crippen LogP) is 2.96. The quantitative estimate of drug-likeness (QED) is 0.476. The number of carbonyl (C=O) groups is 3. The van der Waals surface area contributed by atoms with Crippen LogP contribution in [0.15, 0.2) is 35.2 Å². The van der Waals surface area contributed by atoms with Gasteiger partial charge in [-0.1, -0.05) is 0 Å². The molecule has 3 amide bonds. The minimum atomic E-state index is -0.765. The molecule has 0 aliphatic heterocycles. The third-order valence-electron chi connectivity index (χ3n) is 4.89. The SMILES string of the molecule is CC(C)(C)OC(=O)N(CC1CC1)c1cc(-c2nc(C(=O)Nc3cn[nH]c3C(N)=O)co2)ccn1. The Bertz CT molecular complexity index is 1220. The number of carbonyl (C=O) groups excluding carboxylic acids is 3. The Hall–Kier alpha value is -4.22. The zero-order chi connectivity index (χ0) is 24.5. The van der Waals surface area contributed by atoms with E-state index < -0.39 is 23.5 Å². The van der Waals surface area contributed by atoms with Crippen LogP contribution < -0.4 is 16.0 Å². The third-order valence-corrected chi connectivity index (χ3v) is 4.89. The number of pyridine rings is 1. The van der Waals surface area contributed by atoms with Crippen LogP contribution in [-0.4, -0.2) is 50.2 Å². The number of hydrogen-bond donors (Lipinski definition) is 3. The Morgan fingerprint density at radius 3 is 2.76 bits per heavy atom. The van der Waals surface area contributed by atoms with Gasteiger partial charge in [0.05, 0.1) is 11.9 Å². The maximum atomic E-state index is 12.8. The first-order valence-corrected chi connectivity index (χ1v) is 10.7. The zero-order valence-electron chi connectivity index (χ0n) is 19.0. The maximum absolute atomic E-state index is 12.8. The molecule has 34 heavy (non-hydrogen) atoms. The van der Waals surface area contributed by atoms with E-state index in [4.69, 9.17) is 14.9 Å². The van der Waals surface area contributed by atoms with Crippen molar-refractivity contribution in [3.63, 3.8) is 0 Å². The van der Waals surface area contributed by atoms with Crippen LogP contribution >= 0.6 is 0 Å². The van der Waals surface area contributed by atoms with Crippen LogP contribution in [-0.2, 0) is 4.74 Å². The second-order valence-corrected chi connectivity index (χ2v) is 8.95. The first kappa shape index (κ1) is 23.0. The van der Waals surface area contributed by atoms with Gasteiger partial charge in [-0.05, 0) is 51.7 Å². The molecule has 0 radical (unpaired) electrons. The van der Waals surface area contributed by atoms with E-state index in [1.54, 1.807) is 32.9 Å². The van der Waals surface area contributed by atoms with Crippen LogP contribution in [0.1, 0.15) is 54.6 Å². The highest BCUT2D eigenvalue weighted by Crippen LogP contribution is 2.32. The van der Waals surface area contributed by atoms with Gasteiger partial charge in [0.1, 0.15) is 23.4 Å². The Morgan fingerprint density at radius 2 is 2.09 bits per heavy atom. The predicted molar refractivity (Wildman–Crippen MR) is 121 cm³/mol. The lowest BCUT2D eigenvalue weighted by molar-refractivity contribution is 0.0577. The van der Waals surface area contributed by atoms with Crippen molar-refractivity contribution in [2.24, 2.45) is 11.7 Å². The smallest absolute Gasteiger partial charge is 0.416 e. The van der Waals surface area contributed by atoms with E-state index in [9.17, 15) is 14.4 Å². The van der Waals surface area contributed by atoms with Crippen molar-refractivity contribution in [1.82, 2.24) is 20.2 Å². The topological polar surface area (TPSA) is 169 Å². The van der Waals surface area contributed by atoms with E-state index in [0.717, 1.165) is 12.8 Å². The Kier molecular flexibility index (Phi) is 6.05. The standard InChI is InChI=1S/C22H25N7O5/c1-22(2,3)34-21(32)29(10-12-4-5-12)16-8-13(6-7-24-16)20-27-15(11-33-20)19(31)26-14-9-25-28-17(14)18(23)30/h6-9,11-12H,4-5,10H2,1-3H3,(H2,23,30)(H,25,28)(H,26,31). The molecule has 0 atom stereocenters. The first-order chi connectivity index (χ1) is 16.1. The molecule has 12 nitrogen and oxygen atoms in total. The number of hydrogen-bond acceptors (Lipinski definition) is 8. The number of nitrogens with two attached hydrogens (primary N) is 1. The minimum Gasteiger partial charge on any atom is -0.444 e. The second kappa shape index (κ2) is 8.96. The highest BCUT2D eigenvalue weighted by molar-refractivity contribution is 6.07. The summed E-state index contributed by atoms with van der Waals surface area (Å²) in [7, 11) is 0. The summed E-state index contributed by atoms with van der Waals surface area (Å²) in [5.41, 5.74) is 5.19. The number of nitrogens with one attached hydrogen (secondary N) is 2. The number of aromatic amines is 1. The van der Waals surface area contributed by atoms with Gasteiger partial charge < -0.3 is 20.2 Å². The molecule has 0 bridgehead atoms. The van der Waals surface area contributed by atoms with E-state index in [-0.39, 0.29) is 23.0 Å². The van der Waals surface area contributed by atoms with Gasteiger partial charge in [-0.25, -0.2) is 14.8 Å². The van der Waals surface area contributed by atoms with Crippen molar-refractivity contribution >= 4 is 29.4 Å². The summed E-state index contributed by atoms with van der Waals surface area (Å²) in [6.07, 6.45) is 5.59. The number of anilines is 2. The number of primary amides is 1. The summed E-state index contributed by atoms with van der Waals surface area (Å²) in [5, 5.41) is 8.62. The highest BCUT2D eigenvalue weighted by atomic mass is 16.6. The second-order valence-electron chi connectivity index (χ2n) is 8.95. The van der Waals surface area contributed by atoms with Crippen LogP contribution in [0.4, 0.5) is 16.3 Å². The van der Waals surface area contributed by atoms with E-state index in [1.165, 1.54) is 23.6 Å². The van der Waals surface area contributed by atoms with Crippen molar-refractivity contribution in [3.05, 3.63) is 42.2 Å². The average Bonchev–Trinajstić information content (AvgIpc) is 3.24. The summed E-state index contributed by atoms with van der Waals surface area (Å²) < 4.78 is 11.0. The number of amides is 3. The minimum absolute atomic E-state index is 0.0213. The molecule has 4 rings (SSSR count). The molecule has 12 heteroatoms. The number of aromatic nitrogens is 4. The molecule has 1 fully saturated rings. The van der Waals surface area contributed by atoms with Gasteiger partial charge in [-0.3, -0.25) is 19.6 Å². The Balaban J connectivity index is 1.54. The van der Waals surface area contributed by atoms with E-state index in [2.05, 4.69) is 25.5 Å². The molecule has 1 saturated carbocycles. The molecule has 3 aromatic heterocycles. The fraction of sp³-hybridized carbons (Fsp3) is 0.364. The normalized spacial score (nSPS) is 13.4. The molecule has 1 aliphatic carbocycles. The largest absolute Gasteiger partial charge is 0.444 e. The lowest BCUT2D eigenvalue weighted by atomic mass is 10.2. The summed E-state index contributed by atoms with van der Waals surface area (Å²) in [4.78, 5) is 46.8. The van der Waals surface area contributed by atoms with Crippen molar-refractivity contribution in [1.29, 1.82) is 0 Å². The molecule has 0 saturated heterocycles. The number of rotatable bonds is 7. The molecule has 0 aromatic carbocycles. The third kappa shape index (κ3) is 5.39. The molecule has 0 spiro atoms. The van der Waals surface area contributed by atoms with Gasteiger partial charge in [0.2, 0.25) is 5.89 Å².